The monoisotopic (exact) mass is 269 g/mol. The average Bonchev–Trinajstić information content (AvgIpc) is 2.52. The third-order valence-corrected chi connectivity index (χ3v) is 3.34. The molecule has 0 saturated carbocycles. The summed E-state index contributed by atoms with van der Waals surface area (Å²) in [6.45, 7) is 3.38. The molecule has 0 bridgehead atoms. The lowest BCUT2D eigenvalue weighted by molar-refractivity contribution is 0.323. The molecule has 2 N–H and O–H groups in total. The summed E-state index contributed by atoms with van der Waals surface area (Å²) in [5.41, 5.74) is 3.50. The molecule has 20 heavy (non-hydrogen) atoms. The van der Waals surface area contributed by atoms with Crippen LogP contribution in [0, 0.1) is 0 Å². The van der Waals surface area contributed by atoms with Gasteiger partial charge in [-0.05, 0) is 42.8 Å². The van der Waals surface area contributed by atoms with Crippen molar-refractivity contribution in [2.24, 2.45) is 0 Å². The van der Waals surface area contributed by atoms with Crippen molar-refractivity contribution in [2.45, 2.75) is 13.0 Å². The molecule has 3 rings (SSSR count). The predicted octanol–water partition coefficient (Wildman–Crippen LogP) is 2.22. The summed E-state index contributed by atoms with van der Waals surface area (Å²) in [7, 11) is 0. The molecule has 1 aliphatic heterocycles. The zero-order valence-electron chi connectivity index (χ0n) is 11.4. The lowest BCUT2D eigenvalue weighted by atomic mass is 10.1. The third kappa shape index (κ3) is 3.27. The fourth-order valence-corrected chi connectivity index (χ4v) is 2.30. The van der Waals surface area contributed by atoms with E-state index in [1.54, 1.807) is 0 Å². The normalized spacial score (nSPS) is 13.2. The van der Waals surface area contributed by atoms with E-state index in [0.717, 1.165) is 49.8 Å². The summed E-state index contributed by atoms with van der Waals surface area (Å²) >= 11 is 0. The molecular formula is C16H19N3O. The molecule has 0 saturated heterocycles. The second kappa shape index (κ2) is 6.39. The second-order valence-electron chi connectivity index (χ2n) is 4.85. The Morgan fingerprint density at radius 1 is 1.25 bits per heavy atom. The lowest BCUT2D eigenvalue weighted by Gasteiger charge is -2.19. The Morgan fingerprint density at radius 2 is 2.25 bits per heavy atom. The van der Waals surface area contributed by atoms with Crippen LogP contribution in [0.15, 0.2) is 42.6 Å². The van der Waals surface area contributed by atoms with Gasteiger partial charge in [-0.3, -0.25) is 4.98 Å². The molecule has 1 aromatic heterocycles. The molecule has 0 atom stereocenters. The minimum atomic E-state index is 0.748. The largest absolute Gasteiger partial charge is 0.490 e. The van der Waals surface area contributed by atoms with Crippen molar-refractivity contribution in [3.05, 3.63) is 53.9 Å². The van der Waals surface area contributed by atoms with E-state index in [9.17, 15) is 0 Å². The number of ether oxygens (including phenoxy) is 1. The van der Waals surface area contributed by atoms with Gasteiger partial charge in [-0.25, -0.2) is 0 Å². The van der Waals surface area contributed by atoms with Gasteiger partial charge in [-0.2, -0.15) is 0 Å². The highest BCUT2D eigenvalue weighted by Gasteiger charge is 2.09. The standard InChI is InChI=1S/C16H19N3O/c1-2-7-18-14(3-1)12-17-8-6-13-4-5-16-15(11-13)19-9-10-20-16/h1-5,7,11,17,19H,6,8-10,12H2. The van der Waals surface area contributed by atoms with E-state index < -0.39 is 0 Å². The quantitative estimate of drug-likeness (QED) is 0.817. The van der Waals surface area contributed by atoms with E-state index in [4.69, 9.17) is 4.74 Å². The van der Waals surface area contributed by atoms with Crippen LogP contribution >= 0.6 is 0 Å². The van der Waals surface area contributed by atoms with Crippen LogP contribution in [0.1, 0.15) is 11.3 Å². The van der Waals surface area contributed by atoms with Gasteiger partial charge in [0.1, 0.15) is 12.4 Å². The molecule has 4 heteroatoms. The minimum Gasteiger partial charge on any atom is -0.490 e. The number of anilines is 1. The molecule has 0 spiro atoms. The molecule has 0 amide bonds. The summed E-state index contributed by atoms with van der Waals surface area (Å²) in [6, 6.07) is 12.3. The van der Waals surface area contributed by atoms with Crippen molar-refractivity contribution in [1.82, 2.24) is 10.3 Å². The topological polar surface area (TPSA) is 46.2 Å². The van der Waals surface area contributed by atoms with Crippen LogP contribution in [-0.2, 0) is 13.0 Å². The van der Waals surface area contributed by atoms with Gasteiger partial charge in [0.15, 0.2) is 0 Å². The summed E-state index contributed by atoms with van der Waals surface area (Å²) in [5.74, 6) is 0.960. The van der Waals surface area contributed by atoms with Crippen LogP contribution in [-0.4, -0.2) is 24.7 Å². The zero-order valence-corrected chi connectivity index (χ0v) is 11.4. The van der Waals surface area contributed by atoms with Crippen LogP contribution in [0.25, 0.3) is 0 Å². The van der Waals surface area contributed by atoms with Crippen molar-refractivity contribution in [2.75, 3.05) is 25.0 Å². The molecule has 104 valence electrons. The molecular weight excluding hydrogens is 250 g/mol. The smallest absolute Gasteiger partial charge is 0.142 e. The number of pyridine rings is 1. The van der Waals surface area contributed by atoms with E-state index in [1.165, 1.54) is 5.56 Å². The average molecular weight is 269 g/mol. The van der Waals surface area contributed by atoms with E-state index >= 15 is 0 Å². The van der Waals surface area contributed by atoms with Crippen LogP contribution in [0.2, 0.25) is 0 Å². The van der Waals surface area contributed by atoms with Gasteiger partial charge in [-0.1, -0.05) is 12.1 Å². The van der Waals surface area contributed by atoms with Crippen LogP contribution in [0.4, 0.5) is 5.69 Å². The number of nitrogens with zero attached hydrogens (tertiary/aromatic N) is 1. The molecule has 1 aromatic carbocycles. The van der Waals surface area contributed by atoms with Gasteiger partial charge in [0.05, 0.1) is 11.4 Å². The van der Waals surface area contributed by atoms with Crippen molar-refractivity contribution in [3.8, 4) is 5.75 Å². The maximum absolute atomic E-state index is 5.58. The molecule has 2 aromatic rings. The Kier molecular flexibility index (Phi) is 4.13. The van der Waals surface area contributed by atoms with Crippen LogP contribution in [0.5, 0.6) is 5.75 Å². The fraction of sp³-hybridized carbons (Fsp3) is 0.312. The number of aromatic nitrogens is 1. The molecule has 4 nitrogen and oxygen atoms in total. The Balaban J connectivity index is 1.49. The Morgan fingerprint density at radius 3 is 3.15 bits per heavy atom. The highest BCUT2D eigenvalue weighted by molar-refractivity contribution is 5.59. The SMILES string of the molecule is c1ccc(CNCCc2ccc3c(c2)NCCO3)nc1. The maximum atomic E-state index is 5.58. The van der Waals surface area contributed by atoms with Gasteiger partial charge in [0, 0.05) is 19.3 Å². The molecule has 0 radical (unpaired) electrons. The first-order valence-corrected chi connectivity index (χ1v) is 7.02. The van der Waals surface area contributed by atoms with Crippen molar-refractivity contribution < 1.29 is 4.74 Å². The van der Waals surface area contributed by atoms with E-state index in [-0.39, 0.29) is 0 Å². The predicted molar refractivity (Wildman–Crippen MR) is 80.1 cm³/mol. The summed E-state index contributed by atoms with van der Waals surface area (Å²) in [4.78, 5) is 4.29. The van der Waals surface area contributed by atoms with Gasteiger partial charge < -0.3 is 15.4 Å². The highest BCUT2D eigenvalue weighted by atomic mass is 16.5. The lowest BCUT2D eigenvalue weighted by Crippen LogP contribution is -2.19. The van der Waals surface area contributed by atoms with E-state index in [1.807, 2.05) is 24.4 Å². The van der Waals surface area contributed by atoms with Gasteiger partial charge in [0.25, 0.3) is 0 Å². The summed E-state index contributed by atoms with van der Waals surface area (Å²) in [6.07, 6.45) is 2.83. The van der Waals surface area contributed by atoms with Crippen LogP contribution < -0.4 is 15.4 Å². The molecule has 1 aliphatic rings. The highest BCUT2D eigenvalue weighted by Crippen LogP contribution is 2.27. The zero-order chi connectivity index (χ0) is 13.6. The number of benzene rings is 1. The van der Waals surface area contributed by atoms with Crippen LogP contribution in [0.3, 0.4) is 0 Å². The van der Waals surface area contributed by atoms with Crippen molar-refractivity contribution >= 4 is 5.69 Å². The molecule has 0 aliphatic carbocycles. The minimum absolute atomic E-state index is 0.748. The Bertz CT molecular complexity index is 557. The first-order chi connectivity index (χ1) is 9.92. The third-order valence-electron chi connectivity index (χ3n) is 3.34. The van der Waals surface area contributed by atoms with Crippen molar-refractivity contribution in [1.29, 1.82) is 0 Å². The summed E-state index contributed by atoms with van der Waals surface area (Å²) < 4.78 is 5.58. The number of rotatable bonds is 5. The molecule has 2 heterocycles. The molecule has 0 fully saturated rings. The van der Waals surface area contributed by atoms with E-state index in [0.29, 0.717) is 0 Å². The maximum Gasteiger partial charge on any atom is 0.142 e. The number of hydrogen-bond acceptors (Lipinski definition) is 4. The van der Waals surface area contributed by atoms with Gasteiger partial charge >= 0.3 is 0 Å². The number of hydrogen-bond donors (Lipinski definition) is 2. The van der Waals surface area contributed by atoms with Crippen molar-refractivity contribution in [3.63, 3.8) is 0 Å². The Hall–Kier alpha value is -2.07. The number of nitrogens with one attached hydrogen (secondary N) is 2. The van der Waals surface area contributed by atoms with Gasteiger partial charge in [0.2, 0.25) is 0 Å². The second-order valence-corrected chi connectivity index (χ2v) is 4.85. The number of fused-ring (bicyclic) bond motifs is 1. The van der Waals surface area contributed by atoms with Gasteiger partial charge in [-0.15, -0.1) is 0 Å². The molecule has 0 unspecified atom stereocenters. The Labute approximate surface area is 119 Å². The first kappa shape index (κ1) is 12.9. The first-order valence-electron chi connectivity index (χ1n) is 7.02. The fourth-order valence-electron chi connectivity index (χ4n) is 2.30. The van der Waals surface area contributed by atoms with E-state index in [2.05, 4.69) is 33.8 Å². The summed E-state index contributed by atoms with van der Waals surface area (Å²) in [5, 5.41) is 6.78.